The van der Waals surface area contributed by atoms with Crippen molar-refractivity contribution >= 4 is 5.91 Å². The zero-order chi connectivity index (χ0) is 18.2. The summed E-state index contributed by atoms with van der Waals surface area (Å²) in [7, 11) is 0. The Labute approximate surface area is 154 Å². The van der Waals surface area contributed by atoms with Gasteiger partial charge in [-0.2, -0.15) is 0 Å². The normalized spacial score (nSPS) is 26.8. The number of tetrazole rings is 1. The first-order valence-corrected chi connectivity index (χ1v) is 8.72. The first-order valence-electron chi connectivity index (χ1n) is 8.72. The highest BCUT2D eigenvalue weighted by molar-refractivity contribution is 5.91. The summed E-state index contributed by atoms with van der Waals surface area (Å²) < 4.78 is 18.8. The van der Waals surface area contributed by atoms with Crippen molar-refractivity contribution in [2.45, 2.75) is 24.3 Å². The van der Waals surface area contributed by atoms with Gasteiger partial charge in [-0.25, -0.2) is 4.68 Å². The van der Waals surface area contributed by atoms with E-state index >= 15 is 0 Å². The minimum absolute atomic E-state index is 0.161. The lowest BCUT2D eigenvalue weighted by molar-refractivity contribution is 0.0613. The average Bonchev–Trinajstić information content (AvgIpc) is 3.47. The Morgan fingerprint density at radius 2 is 1.93 bits per heavy atom. The van der Waals surface area contributed by atoms with Crippen LogP contribution in [0.2, 0.25) is 0 Å². The average molecular weight is 367 g/mol. The van der Waals surface area contributed by atoms with Gasteiger partial charge in [-0.15, -0.1) is 5.10 Å². The minimum Gasteiger partial charge on any atom is -0.459 e. The van der Waals surface area contributed by atoms with Gasteiger partial charge >= 0.3 is 0 Å². The van der Waals surface area contributed by atoms with Crippen molar-refractivity contribution in [2.75, 3.05) is 13.2 Å². The number of amides is 1. The molecule has 27 heavy (non-hydrogen) atoms. The maximum absolute atomic E-state index is 12.2. The SMILES string of the molecule is O=C(N[C@H]1CO[C@H]2[C@@H]1OC[C@@H]2n1nnnc1-c1ccccc1)c1ccco1. The Hall–Kier alpha value is -3.04. The summed E-state index contributed by atoms with van der Waals surface area (Å²) in [5, 5.41) is 15.1. The van der Waals surface area contributed by atoms with E-state index in [1.807, 2.05) is 30.3 Å². The maximum Gasteiger partial charge on any atom is 0.287 e. The van der Waals surface area contributed by atoms with Crippen LogP contribution in [-0.4, -0.2) is 57.6 Å². The molecule has 1 amide bonds. The number of benzene rings is 1. The number of hydrogen-bond acceptors (Lipinski definition) is 7. The quantitative estimate of drug-likeness (QED) is 0.735. The molecule has 0 spiro atoms. The van der Waals surface area contributed by atoms with Crippen LogP contribution in [0.1, 0.15) is 16.6 Å². The highest BCUT2D eigenvalue weighted by atomic mass is 16.6. The van der Waals surface area contributed by atoms with Gasteiger partial charge in [-0.1, -0.05) is 30.3 Å². The van der Waals surface area contributed by atoms with Crippen molar-refractivity contribution in [3.63, 3.8) is 0 Å². The van der Waals surface area contributed by atoms with Crippen LogP contribution < -0.4 is 5.32 Å². The maximum atomic E-state index is 12.2. The Bertz CT molecular complexity index is 926. The van der Waals surface area contributed by atoms with Crippen LogP contribution >= 0.6 is 0 Å². The molecule has 0 unspecified atom stereocenters. The third-order valence-electron chi connectivity index (χ3n) is 4.93. The summed E-state index contributed by atoms with van der Waals surface area (Å²) >= 11 is 0. The molecule has 1 aromatic carbocycles. The molecule has 0 aliphatic carbocycles. The van der Waals surface area contributed by atoms with Gasteiger partial charge in [-0.05, 0) is 22.6 Å². The predicted octanol–water partition coefficient (Wildman–Crippen LogP) is 1.07. The molecule has 9 nitrogen and oxygen atoms in total. The number of furan rings is 1. The second-order valence-corrected chi connectivity index (χ2v) is 6.53. The van der Waals surface area contributed by atoms with Gasteiger partial charge in [0.2, 0.25) is 0 Å². The highest BCUT2D eigenvalue weighted by Crippen LogP contribution is 2.35. The molecular weight excluding hydrogens is 350 g/mol. The van der Waals surface area contributed by atoms with E-state index in [2.05, 4.69) is 20.8 Å². The van der Waals surface area contributed by atoms with Crippen LogP contribution in [0, 0.1) is 0 Å². The topological polar surface area (TPSA) is 104 Å². The first kappa shape index (κ1) is 16.2. The molecule has 3 aromatic rings. The smallest absolute Gasteiger partial charge is 0.287 e. The van der Waals surface area contributed by atoms with Crippen molar-refractivity contribution in [1.82, 2.24) is 25.5 Å². The van der Waals surface area contributed by atoms with Crippen molar-refractivity contribution in [1.29, 1.82) is 0 Å². The van der Waals surface area contributed by atoms with Gasteiger partial charge in [0.15, 0.2) is 11.6 Å². The van der Waals surface area contributed by atoms with Gasteiger partial charge in [-0.3, -0.25) is 4.79 Å². The van der Waals surface area contributed by atoms with Crippen LogP contribution in [0.15, 0.2) is 53.1 Å². The molecule has 4 atom stereocenters. The molecule has 0 bridgehead atoms. The minimum atomic E-state index is -0.284. The fraction of sp³-hybridized carbons (Fsp3) is 0.333. The molecule has 2 aromatic heterocycles. The predicted molar refractivity (Wildman–Crippen MR) is 91.7 cm³/mol. The standard InChI is InChI=1S/C18H17N5O4/c24-18(14-7-4-8-25-14)19-12-9-26-16-13(10-27-15(12)16)23-17(20-21-22-23)11-5-2-1-3-6-11/h1-8,12-13,15-16H,9-10H2,(H,19,24)/t12-,13-,15+,16+/m0/s1. The van der Waals surface area contributed by atoms with E-state index in [0.29, 0.717) is 19.0 Å². The van der Waals surface area contributed by atoms with Crippen molar-refractivity contribution in [3.8, 4) is 11.4 Å². The molecule has 0 saturated carbocycles. The summed E-state index contributed by atoms with van der Waals surface area (Å²) in [6.45, 7) is 0.772. The molecule has 138 valence electrons. The number of fused-ring (bicyclic) bond motifs is 1. The third-order valence-corrected chi connectivity index (χ3v) is 4.93. The monoisotopic (exact) mass is 367 g/mol. The summed E-state index contributed by atoms with van der Waals surface area (Å²) in [6, 6.07) is 12.6. The lowest BCUT2D eigenvalue weighted by atomic mass is 10.1. The van der Waals surface area contributed by atoms with Gasteiger partial charge in [0, 0.05) is 5.56 Å². The van der Waals surface area contributed by atoms with E-state index in [4.69, 9.17) is 13.9 Å². The zero-order valence-electron chi connectivity index (χ0n) is 14.3. The lowest BCUT2D eigenvalue weighted by Crippen LogP contribution is -2.44. The summed E-state index contributed by atoms with van der Waals surface area (Å²) in [4.78, 5) is 12.2. The van der Waals surface area contributed by atoms with Crippen LogP contribution in [0.4, 0.5) is 0 Å². The number of ether oxygens (including phenoxy) is 2. The second-order valence-electron chi connectivity index (χ2n) is 6.53. The fourth-order valence-corrected chi connectivity index (χ4v) is 3.65. The molecule has 2 fully saturated rings. The number of carbonyl (C=O) groups is 1. The molecule has 0 radical (unpaired) electrons. The molecule has 5 rings (SSSR count). The number of nitrogens with one attached hydrogen (secondary N) is 1. The summed E-state index contributed by atoms with van der Waals surface area (Å²) in [5.41, 5.74) is 0.923. The number of aromatic nitrogens is 4. The Morgan fingerprint density at radius 1 is 1.07 bits per heavy atom. The Kier molecular flexibility index (Phi) is 3.95. The van der Waals surface area contributed by atoms with Crippen LogP contribution in [0.3, 0.4) is 0 Å². The van der Waals surface area contributed by atoms with Gasteiger partial charge in [0.1, 0.15) is 18.2 Å². The fourth-order valence-electron chi connectivity index (χ4n) is 3.65. The Morgan fingerprint density at radius 3 is 2.74 bits per heavy atom. The summed E-state index contributed by atoms with van der Waals surface area (Å²) in [6.07, 6.45) is 0.966. The van der Waals surface area contributed by atoms with Crippen molar-refractivity contribution in [3.05, 3.63) is 54.5 Å². The van der Waals surface area contributed by atoms with Gasteiger partial charge < -0.3 is 19.2 Å². The molecule has 2 aliphatic heterocycles. The summed E-state index contributed by atoms with van der Waals surface area (Å²) in [5.74, 6) is 0.644. The highest BCUT2D eigenvalue weighted by Gasteiger charge is 2.50. The van der Waals surface area contributed by atoms with Gasteiger partial charge in [0.05, 0.1) is 25.5 Å². The molecule has 1 N–H and O–H groups in total. The van der Waals surface area contributed by atoms with E-state index in [0.717, 1.165) is 5.56 Å². The molecule has 9 heteroatoms. The molecule has 4 heterocycles. The number of carbonyl (C=O) groups excluding carboxylic acids is 1. The van der Waals surface area contributed by atoms with Crippen LogP contribution in [-0.2, 0) is 9.47 Å². The number of rotatable bonds is 4. The van der Waals surface area contributed by atoms with E-state index in [-0.39, 0.29) is 36.0 Å². The van der Waals surface area contributed by atoms with Crippen molar-refractivity contribution < 1.29 is 18.7 Å². The lowest BCUT2D eigenvalue weighted by Gasteiger charge is -2.18. The van der Waals surface area contributed by atoms with Gasteiger partial charge in [0.25, 0.3) is 5.91 Å². The number of nitrogens with zero attached hydrogens (tertiary/aromatic N) is 4. The first-order chi connectivity index (χ1) is 13.3. The van der Waals surface area contributed by atoms with E-state index in [1.165, 1.54) is 6.26 Å². The van der Waals surface area contributed by atoms with Crippen LogP contribution in [0.5, 0.6) is 0 Å². The number of hydrogen-bond donors (Lipinski definition) is 1. The molecular formula is C18H17N5O4. The molecule has 2 saturated heterocycles. The second kappa shape index (κ2) is 6.60. The van der Waals surface area contributed by atoms with Crippen LogP contribution in [0.25, 0.3) is 11.4 Å². The van der Waals surface area contributed by atoms with E-state index in [9.17, 15) is 4.79 Å². The van der Waals surface area contributed by atoms with Crippen molar-refractivity contribution in [2.24, 2.45) is 0 Å². The molecule has 2 aliphatic rings. The van der Waals surface area contributed by atoms with E-state index in [1.54, 1.807) is 16.8 Å². The zero-order valence-corrected chi connectivity index (χ0v) is 14.3. The van der Waals surface area contributed by atoms with E-state index < -0.39 is 0 Å². The Balaban J connectivity index is 1.34. The third kappa shape index (κ3) is 2.81. The largest absolute Gasteiger partial charge is 0.459 e.